The number of halogens is 1. The van der Waals surface area contributed by atoms with Crippen LogP contribution in [0.3, 0.4) is 0 Å². The molecule has 0 aliphatic heterocycles. The van der Waals surface area contributed by atoms with Gasteiger partial charge >= 0.3 is 0 Å². The number of aromatic nitrogens is 6. The van der Waals surface area contributed by atoms with Crippen LogP contribution >= 0.6 is 22.9 Å². The van der Waals surface area contributed by atoms with E-state index in [9.17, 15) is 0 Å². The van der Waals surface area contributed by atoms with E-state index in [1.807, 2.05) is 31.2 Å². The van der Waals surface area contributed by atoms with E-state index in [2.05, 4.69) is 25.5 Å². The van der Waals surface area contributed by atoms with Crippen LogP contribution in [0, 0.1) is 6.92 Å². The Morgan fingerprint density at radius 1 is 1.25 bits per heavy atom. The lowest BCUT2D eigenvalue weighted by Gasteiger charge is -2.01. The third-order valence-electron chi connectivity index (χ3n) is 3.65. The van der Waals surface area contributed by atoms with E-state index in [0.717, 1.165) is 22.8 Å². The minimum atomic E-state index is 0.580. The molecule has 0 saturated heterocycles. The van der Waals surface area contributed by atoms with Crippen molar-refractivity contribution < 1.29 is 4.74 Å². The zero-order valence-corrected chi connectivity index (χ0v) is 14.5. The number of hydrogen-bond acceptors (Lipinski definition) is 6. The van der Waals surface area contributed by atoms with E-state index < -0.39 is 0 Å². The molecule has 0 aliphatic carbocycles. The van der Waals surface area contributed by atoms with Crippen molar-refractivity contribution in [2.24, 2.45) is 0 Å². The van der Waals surface area contributed by atoms with E-state index in [0.29, 0.717) is 27.1 Å². The SMILES string of the molecule is COc1ccc(Cc2nnc3sc(-c4n[nH]c(C)c4Cl)nn23)cc1. The number of nitrogens with zero attached hydrogens (tertiary/aromatic N) is 5. The van der Waals surface area contributed by atoms with Crippen molar-refractivity contribution in [1.29, 1.82) is 0 Å². The zero-order chi connectivity index (χ0) is 16.7. The van der Waals surface area contributed by atoms with Crippen LogP contribution in [0.5, 0.6) is 5.75 Å². The average molecular weight is 361 g/mol. The molecule has 9 heteroatoms. The van der Waals surface area contributed by atoms with E-state index in [1.165, 1.54) is 11.3 Å². The molecule has 24 heavy (non-hydrogen) atoms. The predicted molar refractivity (Wildman–Crippen MR) is 91.8 cm³/mol. The summed E-state index contributed by atoms with van der Waals surface area (Å²) >= 11 is 7.66. The molecule has 0 atom stereocenters. The molecule has 1 aromatic carbocycles. The third kappa shape index (κ3) is 2.53. The van der Waals surface area contributed by atoms with Crippen LogP contribution in [-0.2, 0) is 6.42 Å². The lowest BCUT2D eigenvalue weighted by molar-refractivity contribution is 0.414. The molecule has 0 unspecified atom stereocenters. The molecule has 3 heterocycles. The first-order valence-electron chi connectivity index (χ1n) is 7.20. The van der Waals surface area contributed by atoms with Gasteiger partial charge in [-0.1, -0.05) is 35.1 Å². The Kier molecular flexibility index (Phi) is 3.70. The van der Waals surface area contributed by atoms with Crippen molar-refractivity contribution in [3.63, 3.8) is 0 Å². The fourth-order valence-corrected chi connectivity index (χ4v) is 3.43. The Labute approximate surface area is 146 Å². The molecule has 4 aromatic rings. The van der Waals surface area contributed by atoms with Gasteiger partial charge in [-0.15, -0.1) is 10.2 Å². The van der Waals surface area contributed by atoms with Gasteiger partial charge in [-0.3, -0.25) is 5.10 Å². The van der Waals surface area contributed by atoms with Gasteiger partial charge in [0.05, 0.1) is 17.8 Å². The van der Waals surface area contributed by atoms with Crippen molar-refractivity contribution in [3.8, 4) is 16.5 Å². The maximum Gasteiger partial charge on any atom is 0.235 e. The minimum absolute atomic E-state index is 0.580. The number of ether oxygens (including phenoxy) is 1. The topological polar surface area (TPSA) is 81.0 Å². The number of H-pyrrole nitrogens is 1. The first-order chi connectivity index (χ1) is 11.7. The van der Waals surface area contributed by atoms with Crippen LogP contribution in [-0.4, -0.2) is 37.1 Å². The summed E-state index contributed by atoms with van der Waals surface area (Å²) in [7, 11) is 1.65. The van der Waals surface area contributed by atoms with Crippen LogP contribution in [0.4, 0.5) is 0 Å². The number of hydrogen-bond donors (Lipinski definition) is 1. The minimum Gasteiger partial charge on any atom is -0.497 e. The summed E-state index contributed by atoms with van der Waals surface area (Å²) in [6, 6.07) is 7.85. The number of aromatic amines is 1. The van der Waals surface area contributed by atoms with E-state index in [1.54, 1.807) is 11.6 Å². The van der Waals surface area contributed by atoms with Gasteiger partial charge in [-0.2, -0.15) is 14.7 Å². The summed E-state index contributed by atoms with van der Waals surface area (Å²) < 4.78 is 6.91. The van der Waals surface area contributed by atoms with Crippen molar-refractivity contribution >= 4 is 27.9 Å². The van der Waals surface area contributed by atoms with Crippen molar-refractivity contribution in [1.82, 2.24) is 30.0 Å². The summed E-state index contributed by atoms with van der Waals surface area (Å²) in [5.74, 6) is 1.59. The Hall–Kier alpha value is -2.45. The number of nitrogens with one attached hydrogen (secondary N) is 1. The standard InChI is InChI=1S/C15H13ClN6OS/c1-8-12(16)13(19-17-8)14-21-22-11(18-20-15(22)24-14)7-9-3-5-10(23-2)6-4-9/h3-6H,7H2,1-2H3,(H,17,19). The van der Waals surface area contributed by atoms with Crippen LogP contribution in [0.25, 0.3) is 15.7 Å². The van der Waals surface area contributed by atoms with Crippen LogP contribution < -0.4 is 4.74 Å². The van der Waals surface area contributed by atoms with Crippen molar-refractivity contribution in [2.45, 2.75) is 13.3 Å². The molecule has 0 saturated carbocycles. The molecule has 1 N–H and O–H groups in total. The molecule has 7 nitrogen and oxygen atoms in total. The number of benzene rings is 1. The van der Waals surface area contributed by atoms with Gasteiger partial charge in [-0.05, 0) is 24.6 Å². The molecule has 0 amide bonds. The van der Waals surface area contributed by atoms with Crippen molar-refractivity contribution in [3.05, 3.63) is 46.4 Å². The molecule has 0 bridgehead atoms. The highest BCUT2D eigenvalue weighted by Crippen LogP contribution is 2.31. The molecular formula is C15H13ClN6OS. The highest BCUT2D eigenvalue weighted by molar-refractivity contribution is 7.19. The third-order valence-corrected chi connectivity index (χ3v) is 5.02. The van der Waals surface area contributed by atoms with Gasteiger partial charge in [0.1, 0.15) is 11.4 Å². The molecule has 4 rings (SSSR count). The maximum atomic E-state index is 6.25. The molecule has 0 radical (unpaired) electrons. The Balaban J connectivity index is 1.68. The molecule has 0 aliphatic rings. The number of aryl methyl sites for hydroxylation is 1. The highest BCUT2D eigenvalue weighted by Gasteiger charge is 2.18. The zero-order valence-electron chi connectivity index (χ0n) is 12.9. The number of methoxy groups -OCH3 is 1. The molecule has 3 aromatic heterocycles. The maximum absolute atomic E-state index is 6.25. The summed E-state index contributed by atoms with van der Waals surface area (Å²) in [4.78, 5) is 0.713. The van der Waals surface area contributed by atoms with Gasteiger partial charge in [0, 0.05) is 6.42 Å². The summed E-state index contributed by atoms with van der Waals surface area (Å²) in [5, 5.41) is 21.4. The smallest absolute Gasteiger partial charge is 0.235 e. The van der Waals surface area contributed by atoms with Gasteiger partial charge in [0.15, 0.2) is 10.8 Å². The Bertz CT molecular complexity index is 1000. The molecular weight excluding hydrogens is 348 g/mol. The van der Waals surface area contributed by atoms with E-state index >= 15 is 0 Å². The first kappa shape index (κ1) is 15.1. The monoisotopic (exact) mass is 360 g/mol. The van der Waals surface area contributed by atoms with E-state index in [-0.39, 0.29) is 0 Å². The van der Waals surface area contributed by atoms with Gasteiger partial charge in [-0.25, -0.2) is 0 Å². The lowest BCUT2D eigenvalue weighted by Crippen LogP contribution is -1.98. The fraction of sp³-hybridized carbons (Fsp3) is 0.200. The number of rotatable bonds is 4. The largest absolute Gasteiger partial charge is 0.497 e. The highest BCUT2D eigenvalue weighted by atomic mass is 35.5. The van der Waals surface area contributed by atoms with Crippen molar-refractivity contribution in [2.75, 3.05) is 7.11 Å². The summed E-state index contributed by atoms with van der Waals surface area (Å²) in [5.41, 5.74) is 2.56. The summed E-state index contributed by atoms with van der Waals surface area (Å²) in [6.07, 6.45) is 0.627. The molecule has 122 valence electrons. The van der Waals surface area contributed by atoms with Gasteiger partial charge in [0.2, 0.25) is 4.96 Å². The Morgan fingerprint density at radius 3 is 2.71 bits per heavy atom. The van der Waals surface area contributed by atoms with Crippen LogP contribution in [0.2, 0.25) is 5.02 Å². The van der Waals surface area contributed by atoms with Gasteiger partial charge < -0.3 is 4.74 Å². The summed E-state index contributed by atoms with van der Waals surface area (Å²) in [6.45, 7) is 1.87. The second-order valence-electron chi connectivity index (χ2n) is 5.25. The van der Waals surface area contributed by atoms with Gasteiger partial charge in [0.25, 0.3) is 0 Å². The second-order valence-corrected chi connectivity index (χ2v) is 6.59. The van der Waals surface area contributed by atoms with E-state index in [4.69, 9.17) is 16.3 Å². The first-order valence-corrected chi connectivity index (χ1v) is 8.40. The second kappa shape index (κ2) is 5.88. The normalized spacial score (nSPS) is 11.3. The Morgan fingerprint density at radius 2 is 2.04 bits per heavy atom. The van der Waals surface area contributed by atoms with Crippen LogP contribution in [0.1, 0.15) is 17.1 Å². The quantitative estimate of drug-likeness (QED) is 0.604. The lowest BCUT2D eigenvalue weighted by atomic mass is 10.1. The molecule has 0 fully saturated rings. The predicted octanol–water partition coefficient (Wildman–Crippen LogP) is 3.14. The fourth-order valence-electron chi connectivity index (χ4n) is 2.35. The molecule has 0 spiro atoms. The number of fused-ring (bicyclic) bond motifs is 1. The average Bonchev–Trinajstić information content (AvgIpc) is 3.26. The van der Waals surface area contributed by atoms with Crippen LogP contribution in [0.15, 0.2) is 24.3 Å².